The van der Waals surface area contributed by atoms with Gasteiger partial charge in [-0.2, -0.15) is 4.31 Å². The first-order chi connectivity index (χ1) is 10.9. The van der Waals surface area contributed by atoms with Crippen LogP contribution in [0.1, 0.15) is 17.7 Å². The number of furan rings is 1. The van der Waals surface area contributed by atoms with Gasteiger partial charge in [0.25, 0.3) is 0 Å². The first-order valence-electron chi connectivity index (χ1n) is 6.99. The number of rotatable bonds is 4. The Hall–Kier alpha value is -1.83. The van der Waals surface area contributed by atoms with Crippen LogP contribution in [0.15, 0.2) is 39.8 Å². The van der Waals surface area contributed by atoms with Crippen LogP contribution in [0.2, 0.25) is 5.02 Å². The standard InChI is InChI=1S/C15H15ClN2O4S/c1-18(9-11-3-2-6-22-11)23(20,21)12-7-10-4-5-14(19)17-15(10)13(16)8-12/h2-3,6-8H,4-5,9H2,1H3,(H,17,19). The molecule has 23 heavy (non-hydrogen) atoms. The summed E-state index contributed by atoms with van der Waals surface area (Å²) in [6, 6.07) is 6.34. The Morgan fingerprint density at radius 1 is 1.35 bits per heavy atom. The molecule has 122 valence electrons. The lowest BCUT2D eigenvalue weighted by atomic mass is 10.0. The predicted molar refractivity (Wildman–Crippen MR) is 85.8 cm³/mol. The molecule has 0 atom stereocenters. The van der Waals surface area contributed by atoms with Gasteiger partial charge in [0.05, 0.1) is 28.4 Å². The van der Waals surface area contributed by atoms with Crippen molar-refractivity contribution in [2.75, 3.05) is 12.4 Å². The van der Waals surface area contributed by atoms with E-state index >= 15 is 0 Å². The van der Waals surface area contributed by atoms with E-state index in [2.05, 4.69) is 5.32 Å². The summed E-state index contributed by atoms with van der Waals surface area (Å²) in [6.45, 7) is 0.126. The molecule has 1 aliphatic rings. The third-order valence-electron chi connectivity index (χ3n) is 3.70. The minimum Gasteiger partial charge on any atom is -0.468 e. The molecule has 1 amide bonds. The molecule has 2 aromatic rings. The summed E-state index contributed by atoms with van der Waals surface area (Å²) in [5.74, 6) is 0.428. The van der Waals surface area contributed by atoms with Gasteiger partial charge >= 0.3 is 0 Å². The van der Waals surface area contributed by atoms with Gasteiger partial charge < -0.3 is 9.73 Å². The Labute approximate surface area is 139 Å². The second-order valence-corrected chi connectivity index (χ2v) is 7.78. The first kappa shape index (κ1) is 16.0. The molecule has 0 unspecified atom stereocenters. The van der Waals surface area contributed by atoms with Crippen molar-refractivity contribution in [3.05, 3.63) is 46.9 Å². The van der Waals surface area contributed by atoms with Crippen molar-refractivity contribution in [3.8, 4) is 0 Å². The summed E-state index contributed by atoms with van der Waals surface area (Å²) in [7, 11) is -2.23. The Morgan fingerprint density at radius 3 is 2.83 bits per heavy atom. The highest BCUT2D eigenvalue weighted by atomic mass is 35.5. The summed E-state index contributed by atoms with van der Waals surface area (Å²) >= 11 is 6.15. The molecule has 6 nitrogen and oxygen atoms in total. The second kappa shape index (κ2) is 5.99. The SMILES string of the molecule is CN(Cc1ccco1)S(=O)(=O)c1cc(Cl)c2c(c1)CCC(=O)N2. The lowest BCUT2D eigenvalue weighted by Crippen LogP contribution is -2.27. The van der Waals surface area contributed by atoms with Crippen molar-refractivity contribution in [1.82, 2.24) is 4.31 Å². The molecule has 0 saturated carbocycles. The van der Waals surface area contributed by atoms with Gasteiger partial charge in [-0.1, -0.05) is 11.6 Å². The smallest absolute Gasteiger partial charge is 0.243 e. The number of anilines is 1. The number of aryl methyl sites for hydroxylation is 1. The summed E-state index contributed by atoms with van der Waals surface area (Å²) in [6.07, 6.45) is 2.27. The van der Waals surface area contributed by atoms with Gasteiger partial charge in [0.15, 0.2) is 0 Å². The molecule has 0 fully saturated rings. The molecule has 0 spiro atoms. The molecule has 2 heterocycles. The molecule has 3 rings (SSSR count). The van der Waals surface area contributed by atoms with Crippen LogP contribution in [0.5, 0.6) is 0 Å². The van der Waals surface area contributed by atoms with E-state index in [1.54, 1.807) is 18.2 Å². The molecule has 1 aliphatic heterocycles. The minimum atomic E-state index is -3.71. The molecular formula is C15H15ClN2O4S. The third-order valence-corrected chi connectivity index (χ3v) is 5.78. The van der Waals surface area contributed by atoms with Crippen molar-refractivity contribution < 1.29 is 17.6 Å². The van der Waals surface area contributed by atoms with Gasteiger partial charge in [0.2, 0.25) is 15.9 Å². The first-order valence-corrected chi connectivity index (χ1v) is 8.81. The molecular weight excluding hydrogens is 340 g/mol. The highest BCUT2D eigenvalue weighted by Gasteiger charge is 2.26. The van der Waals surface area contributed by atoms with Gasteiger partial charge in [0.1, 0.15) is 5.76 Å². The lowest BCUT2D eigenvalue weighted by molar-refractivity contribution is -0.116. The summed E-state index contributed by atoms with van der Waals surface area (Å²) in [5.41, 5.74) is 1.22. The maximum Gasteiger partial charge on any atom is 0.243 e. The number of hydrogen-bond donors (Lipinski definition) is 1. The zero-order valence-electron chi connectivity index (χ0n) is 12.4. The monoisotopic (exact) mass is 354 g/mol. The van der Waals surface area contributed by atoms with Crippen molar-refractivity contribution in [2.45, 2.75) is 24.3 Å². The fraction of sp³-hybridized carbons (Fsp3) is 0.267. The van der Waals surface area contributed by atoms with Gasteiger partial charge in [-0.3, -0.25) is 4.79 Å². The van der Waals surface area contributed by atoms with Crippen LogP contribution in [0, 0.1) is 0 Å². The lowest BCUT2D eigenvalue weighted by Gasteiger charge is -2.21. The van der Waals surface area contributed by atoms with E-state index in [-0.39, 0.29) is 22.4 Å². The fourth-order valence-electron chi connectivity index (χ4n) is 2.46. The number of nitrogens with one attached hydrogen (secondary N) is 1. The number of benzene rings is 1. The van der Waals surface area contributed by atoms with Crippen LogP contribution in [-0.4, -0.2) is 25.7 Å². The highest BCUT2D eigenvalue weighted by molar-refractivity contribution is 7.89. The van der Waals surface area contributed by atoms with E-state index in [9.17, 15) is 13.2 Å². The molecule has 0 aliphatic carbocycles. The number of hydrogen-bond acceptors (Lipinski definition) is 4. The molecule has 0 saturated heterocycles. The van der Waals surface area contributed by atoms with Crippen molar-refractivity contribution in [2.24, 2.45) is 0 Å². The Bertz CT molecular complexity index is 847. The normalized spacial score (nSPS) is 14.7. The van der Waals surface area contributed by atoms with Gasteiger partial charge in [-0.25, -0.2) is 8.42 Å². The van der Waals surface area contributed by atoms with Crippen LogP contribution < -0.4 is 5.32 Å². The molecule has 1 aromatic carbocycles. The topological polar surface area (TPSA) is 79.6 Å². The number of carbonyl (C=O) groups is 1. The van der Waals surface area contributed by atoms with Gasteiger partial charge in [-0.05, 0) is 36.2 Å². The number of halogens is 1. The quantitative estimate of drug-likeness (QED) is 0.915. The zero-order valence-corrected chi connectivity index (χ0v) is 13.9. The van der Waals surface area contributed by atoms with Crippen LogP contribution in [0.4, 0.5) is 5.69 Å². The predicted octanol–water partition coefficient (Wildman–Crippen LogP) is 2.64. The second-order valence-electron chi connectivity index (χ2n) is 5.33. The fourth-order valence-corrected chi connectivity index (χ4v) is 4.03. The number of carbonyl (C=O) groups excluding carboxylic acids is 1. The molecule has 1 N–H and O–H groups in total. The third kappa shape index (κ3) is 3.12. The molecule has 8 heteroatoms. The highest BCUT2D eigenvalue weighted by Crippen LogP contribution is 2.34. The summed E-state index contributed by atoms with van der Waals surface area (Å²) < 4.78 is 31.8. The Kier molecular flexibility index (Phi) is 4.18. The average molecular weight is 355 g/mol. The largest absolute Gasteiger partial charge is 0.468 e. The maximum absolute atomic E-state index is 12.7. The summed E-state index contributed by atoms with van der Waals surface area (Å²) in [5, 5.41) is 2.90. The van der Waals surface area contributed by atoms with Gasteiger partial charge in [-0.15, -0.1) is 0 Å². The van der Waals surface area contributed by atoms with Crippen LogP contribution >= 0.6 is 11.6 Å². The number of amides is 1. The molecule has 0 radical (unpaired) electrons. The Morgan fingerprint density at radius 2 is 2.13 bits per heavy atom. The van der Waals surface area contributed by atoms with Crippen LogP contribution in [0.3, 0.4) is 0 Å². The van der Waals surface area contributed by atoms with Crippen molar-refractivity contribution in [1.29, 1.82) is 0 Å². The van der Waals surface area contributed by atoms with E-state index < -0.39 is 10.0 Å². The molecule has 1 aromatic heterocycles. The Balaban J connectivity index is 1.94. The average Bonchev–Trinajstić information content (AvgIpc) is 3.00. The van der Waals surface area contributed by atoms with E-state index in [4.69, 9.17) is 16.0 Å². The summed E-state index contributed by atoms with van der Waals surface area (Å²) in [4.78, 5) is 11.5. The van der Waals surface area contributed by atoms with Crippen LogP contribution in [-0.2, 0) is 27.8 Å². The number of fused-ring (bicyclic) bond motifs is 1. The number of nitrogens with zero attached hydrogens (tertiary/aromatic N) is 1. The van der Waals surface area contributed by atoms with Crippen LogP contribution in [0.25, 0.3) is 0 Å². The maximum atomic E-state index is 12.7. The van der Waals surface area contributed by atoms with E-state index in [0.29, 0.717) is 24.3 Å². The van der Waals surface area contributed by atoms with E-state index in [0.717, 1.165) is 5.56 Å². The minimum absolute atomic E-state index is 0.103. The number of sulfonamides is 1. The molecule has 0 bridgehead atoms. The van der Waals surface area contributed by atoms with Crippen molar-refractivity contribution in [3.63, 3.8) is 0 Å². The van der Waals surface area contributed by atoms with Crippen molar-refractivity contribution >= 4 is 33.2 Å². The van der Waals surface area contributed by atoms with E-state index in [1.165, 1.54) is 23.7 Å². The van der Waals surface area contributed by atoms with E-state index in [1.807, 2.05) is 0 Å². The van der Waals surface area contributed by atoms with Gasteiger partial charge in [0, 0.05) is 13.5 Å². The zero-order chi connectivity index (χ0) is 16.6.